The minimum atomic E-state index is -4.60. The zero-order valence-corrected chi connectivity index (χ0v) is 16.1. The molecule has 0 spiro atoms. The summed E-state index contributed by atoms with van der Waals surface area (Å²) in [7, 11) is 0. The van der Waals surface area contributed by atoms with Crippen molar-refractivity contribution in [2.24, 2.45) is 5.92 Å². The molecule has 154 valence electrons. The van der Waals surface area contributed by atoms with Gasteiger partial charge in [-0.25, -0.2) is 0 Å². The second kappa shape index (κ2) is 8.68. The van der Waals surface area contributed by atoms with E-state index in [1.807, 2.05) is 13.0 Å². The van der Waals surface area contributed by atoms with Crippen LogP contribution in [0.25, 0.3) is 0 Å². The van der Waals surface area contributed by atoms with Crippen LogP contribution >= 0.6 is 0 Å². The molecule has 0 heterocycles. The molecule has 0 unspecified atom stereocenters. The highest BCUT2D eigenvalue weighted by atomic mass is 19.4. The van der Waals surface area contributed by atoms with E-state index in [9.17, 15) is 22.8 Å². The molecule has 2 aromatic carbocycles. The van der Waals surface area contributed by atoms with Crippen molar-refractivity contribution in [3.63, 3.8) is 0 Å². The largest absolute Gasteiger partial charge is 0.416 e. The first-order chi connectivity index (χ1) is 13.7. The van der Waals surface area contributed by atoms with Crippen LogP contribution in [0.3, 0.4) is 0 Å². The van der Waals surface area contributed by atoms with Gasteiger partial charge in [0, 0.05) is 22.9 Å². The zero-order chi connectivity index (χ0) is 21.0. The third-order valence-electron chi connectivity index (χ3n) is 5.04. The highest BCUT2D eigenvalue weighted by molar-refractivity contribution is 6.05. The lowest BCUT2D eigenvalue weighted by molar-refractivity contribution is -0.137. The Hall–Kier alpha value is -2.83. The summed E-state index contributed by atoms with van der Waals surface area (Å²) < 4.78 is 40.0. The second-order valence-corrected chi connectivity index (χ2v) is 7.44. The van der Waals surface area contributed by atoms with Crippen LogP contribution in [0.4, 0.5) is 24.5 Å². The lowest BCUT2D eigenvalue weighted by Crippen LogP contribution is -2.25. The number of rotatable bonds is 4. The van der Waals surface area contributed by atoms with E-state index in [4.69, 9.17) is 0 Å². The van der Waals surface area contributed by atoms with Gasteiger partial charge >= 0.3 is 6.18 Å². The van der Waals surface area contributed by atoms with Gasteiger partial charge in [-0.05, 0) is 50.1 Å². The van der Waals surface area contributed by atoms with Crippen LogP contribution in [0.5, 0.6) is 0 Å². The molecule has 0 aromatic heterocycles. The Labute approximate surface area is 167 Å². The van der Waals surface area contributed by atoms with Crippen molar-refractivity contribution in [3.05, 3.63) is 59.2 Å². The highest BCUT2D eigenvalue weighted by Crippen LogP contribution is 2.34. The van der Waals surface area contributed by atoms with Gasteiger partial charge in [0.15, 0.2) is 0 Å². The molecule has 0 atom stereocenters. The monoisotopic (exact) mass is 404 g/mol. The molecule has 0 aliphatic heterocycles. The second-order valence-electron chi connectivity index (χ2n) is 7.44. The molecule has 0 saturated heterocycles. The van der Waals surface area contributed by atoms with Gasteiger partial charge < -0.3 is 10.6 Å². The number of aryl methyl sites for hydroxylation is 1. The van der Waals surface area contributed by atoms with Crippen molar-refractivity contribution < 1.29 is 22.8 Å². The SMILES string of the molecule is Cc1cccc(C(=O)Nc2cc(NC(=O)C3CCCCC3)cc(C(F)(F)F)c2)c1. The van der Waals surface area contributed by atoms with Crippen molar-refractivity contribution in [1.29, 1.82) is 0 Å². The summed E-state index contributed by atoms with van der Waals surface area (Å²) >= 11 is 0. The summed E-state index contributed by atoms with van der Waals surface area (Å²) in [5.74, 6) is -0.985. The van der Waals surface area contributed by atoms with E-state index in [0.29, 0.717) is 5.56 Å². The summed E-state index contributed by atoms with van der Waals surface area (Å²) in [6.07, 6.45) is -0.169. The van der Waals surface area contributed by atoms with Crippen LogP contribution in [0.1, 0.15) is 53.6 Å². The molecular formula is C22H23F3N2O2. The van der Waals surface area contributed by atoms with Crippen LogP contribution in [-0.4, -0.2) is 11.8 Å². The Morgan fingerprint density at radius 1 is 0.931 bits per heavy atom. The molecule has 0 bridgehead atoms. The van der Waals surface area contributed by atoms with E-state index in [1.54, 1.807) is 18.2 Å². The predicted molar refractivity (Wildman–Crippen MR) is 106 cm³/mol. The molecule has 3 rings (SSSR count). The number of anilines is 2. The number of hydrogen-bond donors (Lipinski definition) is 2. The number of alkyl halides is 3. The summed E-state index contributed by atoms with van der Waals surface area (Å²) in [6.45, 7) is 1.82. The van der Waals surface area contributed by atoms with E-state index in [0.717, 1.165) is 49.8 Å². The third kappa shape index (κ3) is 5.59. The quantitative estimate of drug-likeness (QED) is 0.678. The lowest BCUT2D eigenvalue weighted by Gasteiger charge is -2.21. The van der Waals surface area contributed by atoms with Gasteiger partial charge in [0.25, 0.3) is 5.91 Å². The van der Waals surface area contributed by atoms with Gasteiger partial charge in [-0.3, -0.25) is 9.59 Å². The number of nitrogens with one attached hydrogen (secondary N) is 2. The first-order valence-electron chi connectivity index (χ1n) is 9.63. The Morgan fingerprint density at radius 3 is 2.21 bits per heavy atom. The van der Waals surface area contributed by atoms with Crippen molar-refractivity contribution in [2.75, 3.05) is 10.6 Å². The molecule has 4 nitrogen and oxygen atoms in total. The molecule has 1 fully saturated rings. The van der Waals surface area contributed by atoms with E-state index in [-0.39, 0.29) is 23.2 Å². The van der Waals surface area contributed by atoms with Crippen molar-refractivity contribution in [2.45, 2.75) is 45.2 Å². The molecule has 7 heteroatoms. The molecule has 1 aliphatic rings. The van der Waals surface area contributed by atoms with Gasteiger partial charge in [-0.15, -0.1) is 0 Å². The van der Waals surface area contributed by atoms with Crippen molar-refractivity contribution in [3.8, 4) is 0 Å². The maximum absolute atomic E-state index is 13.3. The standard InChI is InChI=1S/C22H23F3N2O2/c1-14-6-5-9-16(10-14)21(29)27-19-12-17(22(23,24)25)11-18(13-19)26-20(28)15-7-3-2-4-8-15/h5-6,9-13,15H,2-4,7-8H2,1H3,(H,26,28)(H,27,29). The fourth-order valence-electron chi connectivity index (χ4n) is 3.53. The van der Waals surface area contributed by atoms with Crippen LogP contribution in [0.15, 0.2) is 42.5 Å². The van der Waals surface area contributed by atoms with E-state index in [1.165, 1.54) is 6.07 Å². The molecular weight excluding hydrogens is 381 g/mol. The molecule has 1 aliphatic carbocycles. The smallest absolute Gasteiger partial charge is 0.326 e. The van der Waals surface area contributed by atoms with E-state index >= 15 is 0 Å². The molecule has 2 aromatic rings. The summed E-state index contributed by atoms with van der Waals surface area (Å²) in [5, 5.41) is 5.10. The molecule has 0 radical (unpaired) electrons. The predicted octanol–water partition coefficient (Wildman–Crippen LogP) is 5.78. The summed E-state index contributed by atoms with van der Waals surface area (Å²) in [4.78, 5) is 24.9. The Kier molecular flexibility index (Phi) is 6.25. The Balaban J connectivity index is 1.83. The van der Waals surface area contributed by atoms with Gasteiger partial charge in [0.2, 0.25) is 5.91 Å². The zero-order valence-electron chi connectivity index (χ0n) is 16.1. The molecule has 29 heavy (non-hydrogen) atoms. The highest BCUT2D eigenvalue weighted by Gasteiger charge is 2.32. The number of amides is 2. The number of carbonyl (C=O) groups excluding carboxylic acids is 2. The van der Waals surface area contributed by atoms with Gasteiger partial charge in [-0.2, -0.15) is 13.2 Å². The maximum Gasteiger partial charge on any atom is 0.416 e. The molecule has 2 N–H and O–H groups in total. The van der Waals surface area contributed by atoms with Gasteiger partial charge in [0.05, 0.1) is 5.56 Å². The average Bonchev–Trinajstić information content (AvgIpc) is 2.67. The lowest BCUT2D eigenvalue weighted by atomic mass is 9.88. The van der Waals surface area contributed by atoms with Crippen LogP contribution in [0, 0.1) is 12.8 Å². The minimum Gasteiger partial charge on any atom is -0.326 e. The van der Waals surface area contributed by atoms with Crippen LogP contribution in [-0.2, 0) is 11.0 Å². The van der Waals surface area contributed by atoms with E-state index in [2.05, 4.69) is 10.6 Å². The van der Waals surface area contributed by atoms with Gasteiger partial charge in [-0.1, -0.05) is 37.0 Å². The normalized spacial score (nSPS) is 15.0. The van der Waals surface area contributed by atoms with Crippen LogP contribution in [0.2, 0.25) is 0 Å². The third-order valence-corrected chi connectivity index (χ3v) is 5.04. The first-order valence-corrected chi connectivity index (χ1v) is 9.63. The number of halogens is 3. The fourth-order valence-corrected chi connectivity index (χ4v) is 3.53. The van der Waals surface area contributed by atoms with Crippen molar-refractivity contribution >= 4 is 23.2 Å². The Morgan fingerprint density at radius 2 is 1.59 bits per heavy atom. The Bertz CT molecular complexity index is 903. The van der Waals surface area contributed by atoms with E-state index < -0.39 is 17.6 Å². The maximum atomic E-state index is 13.3. The number of hydrogen-bond acceptors (Lipinski definition) is 2. The minimum absolute atomic E-state index is 0.0229. The summed E-state index contributed by atoms with van der Waals surface area (Å²) in [6, 6.07) is 9.86. The number of benzene rings is 2. The van der Waals surface area contributed by atoms with Gasteiger partial charge in [0.1, 0.15) is 0 Å². The first kappa shape index (κ1) is 20.9. The topological polar surface area (TPSA) is 58.2 Å². The van der Waals surface area contributed by atoms with Crippen molar-refractivity contribution in [1.82, 2.24) is 0 Å². The number of carbonyl (C=O) groups is 2. The summed E-state index contributed by atoms with van der Waals surface area (Å²) in [5.41, 5.74) is 0.274. The molecule has 1 saturated carbocycles. The van der Waals surface area contributed by atoms with Crippen LogP contribution < -0.4 is 10.6 Å². The average molecular weight is 404 g/mol. The molecule has 2 amide bonds. The fraction of sp³-hybridized carbons (Fsp3) is 0.364.